The van der Waals surface area contributed by atoms with Crippen LogP contribution in [-0.4, -0.2) is 11.1 Å². The quantitative estimate of drug-likeness (QED) is 0.874. The average molecular weight is 227 g/mol. The maximum Gasteiger partial charge on any atom is 0.371 e. The Morgan fingerprint density at radius 3 is 3.00 bits per heavy atom. The van der Waals surface area contributed by atoms with Gasteiger partial charge in [-0.2, -0.15) is 5.26 Å². The molecule has 0 aliphatic heterocycles. The van der Waals surface area contributed by atoms with Crippen molar-refractivity contribution in [3.8, 4) is 6.07 Å². The Morgan fingerprint density at radius 1 is 1.47 bits per heavy atom. The van der Waals surface area contributed by atoms with Crippen molar-refractivity contribution in [2.75, 3.05) is 0 Å². The van der Waals surface area contributed by atoms with E-state index in [0.29, 0.717) is 12.0 Å². The highest BCUT2D eigenvalue weighted by molar-refractivity contribution is 5.92. The zero-order chi connectivity index (χ0) is 12.3. The average Bonchev–Trinajstić information content (AvgIpc) is 2.72. The fourth-order valence-electron chi connectivity index (χ4n) is 1.52. The Bertz CT molecular complexity index is 632. The third kappa shape index (κ3) is 2.34. The monoisotopic (exact) mass is 227 g/mol. The lowest BCUT2D eigenvalue weighted by Gasteiger charge is -1.92. The molecule has 2 rings (SSSR count). The number of allylic oxidation sites excluding steroid dienone is 1. The minimum Gasteiger partial charge on any atom is -0.475 e. The fourth-order valence-corrected chi connectivity index (χ4v) is 1.52. The van der Waals surface area contributed by atoms with E-state index in [2.05, 4.69) is 0 Å². The highest BCUT2D eigenvalue weighted by Gasteiger charge is 2.09. The molecule has 0 saturated carbocycles. The first-order valence-electron chi connectivity index (χ1n) is 5.01. The molecule has 0 aliphatic carbocycles. The normalized spacial score (nSPS) is 10.8. The second kappa shape index (κ2) is 4.54. The van der Waals surface area contributed by atoms with Crippen molar-refractivity contribution in [3.05, 3.63) is 41.7 Å². The lowest BCUT2D eigenvalue weighted by Crippen LogP contribution is -1.91. The smallest absolute Gasteiger partial charge is 0.371 e. The summed E-state index contributed by atoms with van der Waals surface area (Å²) in [5.41, 5.74) is 1.45. The summed E-state index contributed by atoms with van der Waals surface area (Å²) in [4.78, 5) is 10.7. The van der Waals surface area contributed by atoms with Crippen LogP contribution in [-0.2, 0) is 0 Å². The van der Waals surface area contributed by atoms with Gasteiger partial charge in [-0.15, -0.1) is 0 Å². The number of carboxylic acids is 1. The molecule has 2 aromatic rings. The highest BCUT2D eigenvalue weighted by Crippen LogP contribution is 2.21. The summed E-state index contributed by atoms with van der Waals surface area (Å²) in [6.45, 7) is 0. The van der Waals surface area contributed by atoms with E-state index in [0.717, 1.165) is 10.9 Å². The molecule has 17 heavy (non-hydrogen) atoms. The molecule has 1 aromatic carbocycles. The van der Waals surface area contributed by atoms with Gasteiger partial charge in [0.15, 0.2) is 0 Å². The van der Waals surface area contributed by atoms with Gasteiger partial charge in [0.05, 0.1) is 12.5 Å². The minimum atomic E-state index is -1.08. The SMILES string of the molecule is N#CCC=Cc1ccc2oc(C(=O)O)cc2c1. The van der Waals surface area contributed by atoms with Crippen LogP contribution in [0.1, 0.15) is 22.5 Å². The van der Waals surface area contributed by atoms with E-state index in [1.165, 1.54) is 6.07 Å². The Balaban J connectivity index is 2.37. The number of aromatic carboxylic acids is 1. The summed E-state index contributed by atoms with van der Waals surface area (Å²) in [7, 11) is 0. The molecule has 0 unspecified atom stereocenters. The Kier molecular flexibility index (Phi) is 2.93. The van der Waals surface area contributed by atoms with Crippen molar-refractivity contribution in [3.63, 3.8) is 0 Å². The molecular formula is C13H9NO3. The van der Waals surface area contributed by atoms with Crippen LogP contribution in [0.2, 0.25) is 0 Å². The zero-order valence-electron chi connectivity index (χ0n) is 8.88. The van der Waals surface area contributed by atoms with Gasteiger partial charge in [-0.3, -0.25) is 0 Å². The van der Waals surface area contributed by atoms with Gasteiger partial charge in [0.25, 0.3) is 0 Å². The standard InChI is InChI=1S/C13H9NO3/c14-6-2-1-3-9-4-5-11-10(7-9)8-12(17-11)13(15)16/h1,3-5,7-8H,2H2,(H,15,16). The Morgan fingerprint density at radius 2 is 2.29 bits per heavy atom. The van der Waals surface area contributed by atoms with Crippen LogP contribution in [0.15, 0.2) is 34.8 Å². The molecule has 0 amide bonds. The topological polar surface area (TPSA) is 74.2 Å². The number of hydrogen-bond donors (Lipinski definition) is 1. The third-order valence-electron chi connectivity index (χ3n) is 2.27. The van der Waals surface area contributed by atoms with Crippen LogP contribution in [0.25, 0.3) is 17.0 Å². The number of benzene rings is 1. The van der Waals surface area contributed by atoms with Crippen molar-refractivity contribution >= 4 is 23.0 Å². The maximum atomic E-state index is 10.7. The van der Waals surface area contributed by atoms with Crippen LogP contribution in [0.5, 0.6) is 0 Å². The van der Waals surface area contributed by atoms with E-state index in [9.17, 15) is 4.79 Å². The largest absolute Gasteiger partial charge is 0.475 e. The molecule has 1 heterocycles. The third-order valence-corrected chi connectivity index (χ3v) is 2.27. The molecule has 84 valence electrons. The molecular weight excluding hydrogens is 218 g/mol. The van der Waals surface area contributed by atoms with Crippen LogP contribution in [0.4, 0.5) is 0 Å². The molecule has 4 nitrogen and oxygen atoms in total. The lowest BCUT2D eigenvalue weighted by molar-refractivity contribution is 0.0665. The predicted molar refractivity (Wildman–Crippen MR) is 62.4 cm³/mol. The van der Waals surface area contributed by atoms with Crippen molar-refractivity contribution in [1.82, 2.24) is 0 Å². The van der Waals surface area contributed by atoms with Gasteiger partial charge in [0, 0.05) is 5.39 Å². The first-order valence-corrected chi connectivity index (χ1v) is 5.01. The van der Waals surface area contributed by atoms with Crippen LogP contribution in [0, 0.1) is 11.3 Å². The molecule has 0 atom stereocenters. The van der Waals surface area contributed by atoms with Crippen LogP contribution >= 0.6 is 0 Å². The number of fused-ring (bicyclic) bond motifs is 1. The molecule has 4 heteroatoms. The van der Waals surface area contributed by atoms with Crippen molar-refractivity contribution in [2.24, 2.45) is 0 Å². The molecule has 0 aliphatic rings. The fraction of sp³-hybridized carbons (Fsp3) is 0.0769. The zero-order valence-corrected chi connectivity index (χ0v) is 8.88. The molecule has 1 N–H and O–H groups in total. The number of nitriles is 1. The van der Waals surface area contributed by atoms with Gasteiger partial charge in [0.2, 0.25) is 5.76 Å². The summed E-state index contributed by atoms with van der Waals surface area (Å²) >= 11 is 0. The lowest BCUT2D eigenvalue weighted by atomic mass is 10.1. The summed E-state index contributed by atoms with van der Waals surface area (Å²) in [5.74, 6) is -1.15. The van der Waals surface area contributed by atoms with Crippen molar-refractivity contribution in [2.45, 2.75) is 6.42 Å². The number of rotatable bonds is 3. The van der Waals surface area contributed by atoms with E-state index in [-0.39, 0.29) is 5.76 Å². The van der Waals surface area contributed by atoms with Gasteiger partial charge >= 0.3 is 5.97 Å². The van der Waals surface area contributed by atoms with E-state index in [1.807, 2.05) is 24.3 Å². The van der Waals surface area contributed by atoms with Gasteiger partial charge in [-0.25, -0.2) is 4.79 Å². The van der Waals surface area contributed by atoms with Crippen LogP contribution < -0.4 is 0 Å². The Hall–Kier alpha value is -2.54. The number of carboxylic acid groups (broad SMARTS) is 1. The van der Waals surface area contributed by atoms with E-state index in [4.69, 9.17) is 14.8 Å². The second-order valence-electron chi connectivity index (χ2n) is 3.48. The second-order valence-corrected chi connectivity index (χ2v) is 3.48. The molecule has 0 saturated heterocycles. The van der Waals surface area contributed by atoms with E-state index < -0.39 is 5.97 Å². The molecule has 1 aromatic heterocycles. The maximum absolute atomic E-state index is 10.7. The van der Waals surface area contributed by atoms with Gasteiger partial charge in [0.1, 0.15) is 5.58 Å². The first-order chi connectivity index (χ1) is 8.20. The number of furan rings is 1. The first kappa shape index (κ1) is 11.0. The summed E-state index contributed by atoms with van der Waals surface area (Å²) in [6.07, 6.45) is 3.92. The van der Waals surface area contributed by atoms with E-state index >= 15 is 0 Å². The minimum absolute atomic E-state index is 0.0712. The predicted octanol–water partition coefficient (Wildman–Crippen LogP) is 3.06. The van der Waals surface area contributed by atoms with Gasteiger partial charge < -0.3 is 9.52 Å². The molecule has 0 spiro atoms. The van der Waals surface area contributed by atoms with Crippen molar-refractivity contribution in [1.29, 1.82) is 5.26 Å². The number of carbonyl (C=O) groups is 1. The summed E-state index contributed by atoms with van der Waals surface area (Å²) in [6, 6.07) is 8.84. The van der Waals surface area contributed by atoms with Crippen molar-refractivity contribution < 1.29 is 14.3 Å². The van der Waals surface area contributed by atoms with Crippen LogP contribution in [0.3, 0.4) is 0 Å². The highest BCUT2D eigenvalue weighted by atomic mass is 16.4. The van der Waals surface area contributed by atoms with Gasteiger partial charge in [-0.1, -0.05) is 18.2 Å². The molecule has 0 fully saturated rings. The van der Waals surface area contributed by atoms with E-state index in [1.54, 1.807) is 12.1 Å². The molecule has 0 radical (unpaired) electrons. The number of hydrogen-bond acceptors (Lipinski definition) is 3. The number of nitrogens with zero attached hydrogens (tertiary/aromatic N) is 1. The summed E-state index contributed by atoms with van der Waals surface area (Å²) < 4.78 is 5.13. The Labute approximate surface area is 97.4 Å². The molecule has 0 bridgehead atoms. The summed E-state index contributed by atoms with van der Waals surface area (Å²) in [5, 5.41) is 17.9. The van der Waals surface area contributed by atoms with Gasteiger partial charge in [-0.05, 0) is 23.8 Å².